The second-order valence-corrected chi connectivity index (χ2v) is 5.71. The Bertz CT molecular complexity index is 386. The van der Waals surface area contributed by atoms with Crippen molar-refractivity contribution in [2.24, 2.45) is 0 Å². The molecule has 3 nitrogen and oxygen atoms in total. The fraction of sp³-hybridized carbons (Fsp3) is 0.625. The van der Waals surface area contributed by atoms with E-state index in [-0.39, 0.29) is 0 Å². The van der Waals surface area contributed by atoms with E-state index < -0.39 is 0 Å². The van der Waals surface area contributed by atoms with Crippen molar-refractivity contribution in [2.45, 2.75) is 51.2 Å². The van der Waals surface area contributed by atoms with Crippen molar-refractivity contribution in [1.82, 2.24) is 10.2 Å². The number of hydrogen-bond donors (Lipinski definition) is 2. The molecular weight excluding hydrogens is 236 g/mol. The molecule has 2 unspecified atom stereocenters. The highest BCUT2D eigenvalue weighted by Crippen LogP contribution is 2.27. The predicted octanol–water partition coefficient (Wildman–Crippen LogP) is 2.92. The summed E-state index contributed by atoms with van der Waals surface area (Å²) in [5.74, 6) is 0.334. The molecule has 106 valence electrons. The van der Waals surface area contributed by atoms with E-state index in [2.05, 4.69) is 31.1 Å². The van der Waals surface area contributed by atoms with Gasteiger partial charge in [0.25, 0.3) is 0 Å². The van der Waals surface area contributed by atoms with Gasteiger partial charge < -0.3 is 10.4 Å². The van der Waals surface area contributed by atoms with Crippen LogP contribution in [0.5, 0.6) is 5.75 Å². The summed E-state index contributed by atoms with van der Waals surface area (Å²) < 4.78 is 0. The first-order chi connectivity index (χ1) is 9.11. The summed E-state index contributed by atoms with van der Waals surface area (Å²) in [4.78, 5) is 2.48. The van der Waals surface area contributed by atoms with Gasteiger partial charge in [-0.2, -0.15) is 0 Å². The fourth-order valence-corrected chi connectivity index (χ4v) is 2.50. The van der Waals surface area contributed by atoms with Crippen molar-refractivity contribution in [3.05, 3.63) is 29.8 Å². The molecule has 19 heavy (non-hydrogen) atoms. The molecule has 0 heterocycles. The molecule has 0 saturated heterocycles. The van der Waals surface area contributed by atoms with E-state index in [0.717, 1.165) is 19.0 Å². The molecule has 1 aromatic carbocycles. The Morgan fingerprint density at radius 1 is 1.32 bits per heavy atom. The molecule has 3 heteroatoms. The third-order valence-electron chi connectivity index (χ3n) is 4.18. The lowest BCUT2D eigenvalue weighted by Crippen LogP contribution is -2.40. The van der Waals surface area contributed by atoms with Crippen LogP contribution in [0.2, 0.25) is 0 Å². The number of likely N-dealkylation sites (N-methyl/N-ethyl adjacent to an activating group) is 1. The zero-order valence-corrected chi connectivity index (χ0v) is 12.3. The largest absolute Gasteiger partial charge is 0.508 e. The minimum Gasteiger partial charge on any atom is -0.508 e. The van der Waals surface area contributed by atoms with Crippen LogP contribution in [0.25, 0.3) is 0 Å². The topological polar surface area (TPSA) is 35.5 Å². The summed E-state index contributed by atoms with van der Waals surface area (Å²) >= 11 is 0. The van der Waals surface area contributed by atoms with Gasteiger partial charge in [-0.15, -0.1) is 0 Å². The third-order valence-corrected chi connectivity index (χ3v) is 4.18. The lowest BCUT2D eigenvalue weighted by atomic mass is 10.0. The molecule has 0 bridgehead atoms. The molecule has 0 aromatic heterocycles. The zero-order chi connectivity index (χ0) is 13.8. The molecule has 1 fully saturated rings. The van der Waals surface area contributed by atoms with Gasteiger partial charge >= 0.3 is 0 Å². The van der Waals surface area contributed by atoms with Gasteiger partial charge in [-0.1, -0.05) is 19.1 Å². The van der Waals surface area contributed by atoms with Crippen molar-refractivity contribution in [3.63, 3.8) is 0 Å². The molecule has 1 aromatic rings. The molecule has 2 rings (SSSR count). The Morgan fingerprint density at radius 2 is 1.95 bits per heavy atom. The summed E-state index contributed by atoms with van der Waals surface area (Å²) in [6.07, 6.45) is 3.77. The maximum absolute atomic E-state index is 9.34. The van der Waals surface area contributed by atoms with E-state index in [4.69, 9.17) is 0 Å². The van der Waals surface area contributed by atoms with Gasteiger partial charge in [0, 0.05) is 24.7 Å². The number of nitrogens with one attached hydrogen (secondary N) is 1. The number of aromatic hydroxyl groups is 1. The van der Waals surface area contributed by atoms with Gasteiger partial charge in [-0.05, 0) is 50.9 Å². The molecule has 0 spiro atoms. The summed E-state index contributed by atoms with van der Waals surface area (Å²) in [7, 11) is 2.23. The van der Waals surface area contributed by atoms with E-state index in [9.17, 15) is 5.11 Å². The standard InChI is InChI=1S/C16H26N2O/c1-4-16(13-5-9-15(19)10-6-13)17-11-12(2)18(3)14-7-8-14/h5-6,9-10,12,14,16-17,19H,4,7-8,11H2,1-3H3. The van der Waals surface area contributed by atoms with E-state index in [0.29, 0.717) is 17.8 Å². The van der Waals surface area contributed by atoms with Crippen molar-refractivity contribution >= 4 is 0 Å². The van der Waals surface area contributed by atoms with Crippen molar-refractivity contribution in [2.75, 3.05) is 13.6 Å². The minimum atomic E-state index is 0.334. The smallest absolute Gasteiger partial charge is 0.115 e. The summed E-state index contributed by atoms with van der Waals surface area (Å²) in [6.45, 7) is 5.49. The molecule has 0 radical (unpaired) electrons. The quantitative estimate of drug-likeness (QED) is 0.793. The van der Waals surface area contributed by atoms with E-state index >= 15 is 0 Å². The number of nitrogens with zero attached hydrogens (tertiary/aromatic N) is 1. The second-order valence-electron chi connectivity index (χ2n) is 5.71. The molecule has 1 saturated carbocycles. The molecule has 2 atom stereocenters. The van der Waals surface area contributed by atoms with Crippen LogP contribution in [-0.4, -0.2) is 35.7 Å². The summed E-state index contributed by atoms with van der Waals surface area (Å²) in [5, 5.41) is 13.0. The molecule has 1 aliphatic carbocycles. The normalized spacial score (nSPS) is 18.5. The highest BCUT2D eigenvalue weighted by Gasteiger charge is 2.29. The second kappa shape index (κ2) is 6.40. The van der Waals surface area contributed by atoms with Crippen LogP contribution in [0.15, 0.2) is 24.3 Å². The van der Waals surface area contributed by atoms with Crippen molar-refractivity contribution in [3.8, 4) is 5.75 Å². The van der Waals surface area contributed by atoms with Gasteiger partial charge in [0.1, 0.15) is 5.75 Å². The van der Waals surface area contributed by atoms with Crippen molar-refractivity contribution in [1.29, 1.82) is 0 Å². The Hall–Kier alpha value is -1.06. The molecule has 0 aliphatic heterocycles. The Morgan fingerprint density at radius 3 is 2.47 bits per heavy atom. The number of hydrogen-bond acceptors (Lipinski definition) is 3. The van der Waals surface area contributed by atoms with Crippen LogP contribution in [0.1, 0.15) is 44.7 Å². The number of phenols is 1. The molecule has 2 N–H and O–H groups in total. The van der Waals surface area contributed by atoms with E-state index in [1.807, 2.05) is 12.1 Å². The highest BCUT2D eigenvalue weighted by molar-refractivity contribution is 5.27. The van der Waals surface area contributed by atoms with Gasteiger partial charge in [0.05, 0.1) is 0 Å². The Kier molecular flexibility index (Phi) is 4.83. The first kappa shape index (κ1) is 14.4. The molecular formula is C16H26N2O. The van der Waals surface area contributed by atoms with Crippen LogP contribution in [0, 0.1) is 0 Å². The number of rotatable bonds is 7. The lowest BCUT2D eigenvalue weighted by Gasteiger charge is -2.27. The highest BCUT2D eigenvalue weighted by atomic mass is 16.3. The fourth-order valence-electron chi connectivity index (χ4n) is 2.50. The van der Waals surface area contributed by atoms with Gasteiger partial charge in [-0.3, -0.25) is 4.90 Å². The maximum atomic E-state index is 9.34. The van der Waals surface area contributed by atoms with Crippen LogP contribution in [0.4, 0.5) is 0 Å². The first-order valence-corrected chi connectivity index (χ1v) is 7.36. The maximum Gasteiger partial charge on any atom is 0.115 e. The van der Waals surface area contributed by atoms with Crippen LogP contribution in [-0.2, 0) is 0 Å². The van der Waals surface area contributed by atoms with Gasteiger partial charge in [0.15, 0.2) is 0 Å². The van der Waals surface area contributed by atoms with E-state index in [1.165, 1.54) is 18.4 Å². The average Bonchev–Trinajstić information content (AvgIpc) is 3.24. The van der Waals surface area contributed by atoms with E-state index in [1.54, 1.807) is 12.1 Å². The first-order valence-electron chi connectivity index (χ1n) is 7.36. The predicted molar refractivity (Wildman–Crippen MR) is 79.4 cm³/mol. The lowest BCUT2D eigenvalue weighted by molar-refractivity contribution is 0.235. The Labute approximate surface area is 116 Å². The van der Waals surface area contributed by atoms with Gasteiger partial charge in [-0.25, -0.2) is 0 Å². The third kappa shape index (κ3) is 3.95. The van der Waals surface area contributed by atoms with Crippen molar-refractivity contribution < 1.29 is 5.11 Å². The number of benzene rings is 1. The van der Waals surface area contributed by atoms with Crippen LogP contribution < -0.4 is 5.32 Å². The Balaban J connectivity index is 1.86. The monoisotopic (exact) mass is 262 g/mol. The molecule has 1 aliphatic rings. The molecule has 0 amide bonds. The SMILES string of the molecule is CCC(NCC(C)N(C)C1CC1)c1ccc(O)cc1. The van der Waals surface area contributed by atoms with Crippen LogP contribution in [0.3, 0.4) is 0 Å². The minimum absolute atomic E-state index is 0.334. The summed E-state index contributed by atoms with van der Waals surface area (Å²) in [6, 6.07) is 9.29. The number of phenolic OH excluding ortho intramolecular Hbond substituents is 1. The van der Waals surface area contributed by atoms with Crippen LogP contribution >= 0.6 is 0 Å². The zero-order valence-electron chi connectivity index (χ0n) is 12.3. The summed E-state index contributed by atoms with van der Waals surface area (Å²) in [5.41, 5.74) is 1.25. The average molecular weight is 262 g/mol. The van der Waals surface area contributed by atoms with Gasteiger partial charge in [0.2, 0.25) is 0 Å².